The van der Waals surface area contributed by atoms with Crippen LogP contribution in [0.1, 0.15) is 5.56 Å². The second kappa shape index (κ2) is 3.76. The minimum absolute atomic E-state index is 0.108. The van der Waals surface area contributed by atoms with Gasteiger partial charge < -0.3 is 4.74 Å². The lowest BCUT2D eigenvalue weighted by Crippen LogP contribution is -2.02. The van der Waals surface area contributed by atoms with Gasteiger partial charge in [0, 0.05) is 5.02 Å². The molecule has 0 aliphatic heterocycles. The van der Waals surface area contributed by atoms with Crippen LogP contribution in [0.4, 0.5) is 0 Å². The average molecular weight is 237 g/mol. The third kappa shape index (κ3) is 2.17. The zero-order chi connectivity index (χ0) is 10.9. The number of rotatable bonds is 2. The Labute approximate surface area is 87.2 Å². The van der Waals surface area contributed by atoms with Gasteiger partial charge in [-0.05, 0) is 24.6 Å². The van der Waals surface area contributed by atoms with Crippen molar-refractivity contribution >= 4 is 21.7 Å². The molecule has 0 unspecified atom stereocenters. The van der Waals surface area contributed by atoms with Crippen molar-refractivity contribution in [1.29, 1.82) is 0 Å². The molecule has 0 saturated carbocycles. The van der Waals surface area contributed by atoms with Crippen LogP contribution in [0.5, 0.6) is 5.75 Å². The molecule has 1 N–H and O–H groups in total. The number of benzene rings is 1. The lowest BCUT2D eigenvalue weighted by molar-refractivity contribution is 0.394. The van der Waals surface area contributed by atoms with Gasteiger partial charge in [0.05, 0.1) is 7.11 Å². The summed E-state index contributed by atoms with van der Waals surface area (Å²) >= 11 is 5.65. The largest absolute Gasteiger partial charge is 0.495 e. The quantitative estimate of drug-likeness (QED) is 0.797. The number of hydrogen-bond donors (Lipinski definition) is 1. The summed E-state index contributed by atoms with van der Waals surface area (Å²) in [7, 11) is -2.98. The molecule has 14 heavy (non-hydrogen) atoms. The molecule has 0 heterocycles. The molecule has 0 amide bonds. The predicted molar refractivity (Wildman–Crippen MR) is 52.6 cm³/mol. The maximum atomic E-state index is 10.9. The summed E-state index contributed by atoms with van der Waals surface area (Å²) in [6.07, 6.45) is 0. The van der Waals surface area contributed by atoms with Gasteiger partial charge in [-0.15, -0.1) is 0 Å². The van der Waals surface area contributed by atoms with Crippen LogP contribution in [0, 0.1) is 6.92 Å². The maximum absolute atomic E-state index is 10.9. The molecule has 0 aromatic heterocycles. The topological polar surface area (TPSA) is 63.6 Å². The first-order valence-electron chi connectivity index (χ1n) is 3.68. The fraction of sp³-hybridized carbons (Fsp3) is 0.250. The average Bonchev–Trinajstić information content (AvgIpc) is 2.01. The van der Waals surface area contributed by atoms with Crippen LogP contribution in [0.25, 0.3) is 0 Å². The Hall–Kier alpha value is -0.780. The molecule has 4 nitrogen and oxygen atoms in total. The molecule has 1 aromatic carbocycles. The van der Waals surface area contributed by atoms with E-state index in [1.165, 1.54) is 7.11 Å². The molecule has 0 aliphatic carbocycles. The van der Waals surface area contributed by atoms with E-state index in [1.807, 2.05) is 0 Å². The highest BCUT2D eigenvalue weighted by Gasteiger charge is 2.18. The molecular formula is C8H9ClO4S. The van der Waals surface area contributed by atoms with Crippen molar-refractivity contribution in [3.8, 4) is 5.75 Å². The fourth-order valence-electron chi connectivity index (χ4n) is 1.15. The van der Waals surface area contributed by atoms with Gasteiger partial charge >= 0.3 is 0 Å². The molecule has 0 saturated heterocycles. The summed E-state index contributed by atoms with van der Waals surface area (Å²) in [5.74, 6) is 0.108. The third-order valence-corrected chi connectivity index (χ3v) is 2.76. The number of aryl methyl sites for hydroxylation is 1. The monoisotopic (exact) mass is 236 g/mol. The summed E-state index contributed by atoms with van der Waals surface area (Å²) in [4.78, 5) is -0.315. The normalized spacial score (nSPS) is 11.4. The number of methoxy groups -OCH3 is 1. The van der Waals surface area contributed by atoms with E-state index in [9.17, 15) is 8.42 Å². The van der Waals surface area contributed by atoms with Gasteiger partial charge in [-0.2, -0.15) is 8.42 Å². The van der Waals surface area contributed by atoms with Gasteiger partial charge in [-0.1, -0.05) is 11.6 Å². The van der Waals surface area contributed by atoms with Gasteiger partial charge in [0.25, 0.3) is 10.1 Å². The molecular weight excluding hydrogens is 228 g/mol. The number of halogens is 1. The molecule has 1 aromatic rings. The molecule has 0 spiro atoms. The second-order valence-electron chi connectivity index (χ2n) is 2.73. The van der Waals surface area contributed by atoms with Crippen molar-refractivity contribution in [1.82, 2.24) is 0 Å². The minimum atomic E-state index is -4.30. The molecule has 1 rings (SSSR count). The van der Waals surface area contributed by atoms with Crippen molar-refractivity contribution in [3.05, 3.63) is 22.7 Å². The Morgan fingerprint density at radius 3 is 2.43 bits per heavy atom. The summed E-state index contributed by atoms with van der Waals surface area (Å²) in [5.41, 5.74) is 0.549. The Morgan fingerprint density at radius 2 is 2.00 bits per heavy atom. The first-order valence-corrected chi connectivity index (χ1v) is 5.49. The summed E-state index contributed by atoms with van der Waals surface area (Å²) in [6.45, 7) is 1.64. The van der Waals surface area contributed by atoms with Crippen molar-refractivity contribution in [2.24, 2.45) is 0 Å². The van der Waals surface area contributed by atoms with Crippen LogP contribution in [-0.4, -0.2) is 20.1 Å². The predicted octanol–water partition coefficient (Wildman–Crippen LogP) is 1.90. The van der Waals surface area contributed by atoms with E-state index in [1.54, 1.807) is 13.0 Å². The van der Waals surface area contributed by atoms with Crippen LogP contribution in [-0.2, 0) is 10.1 Å². The molecule has 6 heteroatoms. The van der Waals surface area contributed by atoms with Crippen molar-refractivity contribution < 1.29 is 17.7 Å². The standard InChI is InChI=1S/C8H9ClO4S/c1-5-3-6(9)4-7(8(5)13-2)14(10,11)12/h3-4H,1-2H3,(H,10,11,12). The maximum Gasteiger partial charge on any atom is 0.298 e. The highest BCUT2D eigenvalue weighted by atomic mass is 35.5. The van der Waals surface area contributed by atoms with Crippen molar-refractivity contribution in [3.63, 3.8) is 0 Å². The van der Waals surface area contributed by atoms with E-state index in [-0.39, 0.29) is 15.7 Å². The second-order valence-corrected chi connectivity index (χ2v) is 4.56. The van der Waals surface area contributed by atoms with E-state index in [0.717, 1.165) is 6.07 Å². The van der Waals surface area contributed by atoms with Gasteiger partial charge in [-0.25, -0.2) is 0 Å². The van der Waals surface area contributed by atoms with Crippen LogP contribution in [0.15, 0.2) is 17.0 Å². The highest BCUT2D eigenvalue weighted by Crippen LogP contribution is 2.30. The van der Waals surface area contributed by atoms with Gasteiger partial charge in [0.2, 0.25) is 0 Å². The first-order chi connectivity index (χ1) is 6.36. The summed E-state index contributed by atoms with van der Waals surface area (Å²) < 4.78 is 35.6. The first kappa shape index (κ1) is 11.3. The van der Waals surface area contributed by atoms with Gasteiger partial charge in [0.15, 0.2) is 0 Å². The summed E-state index contributed by atoms with van der Waals surface area (Å²) in [5, 5.41) is 0.232. The summed E-state index contributed by atoms with van der Waals surface area (Å²) in [6, 6.07) is 2.69. The molecule has 78 valence electrons. The van der Waals surface area contributed by atoms with E-state index < -0.39 is 10.1 Å². The van der Waals surface area contributed by atoms with E-state index in [0.29, 0.717) is 5.56 Å². The van der Waals surface area contributed by atoms with Crippen LogP contribution in [0.3, 0.4) is 0 Å². The van der Waals surface area contributed by atoms with Gasteiger partial charge in [0.1, 0.15) is 10.6 Å². The lowest BCUT2D eigenvalue weighted by atomic mass is 10.2. The number of hydrogen-bond acceptors (Lipinski definition) is 3. The highest BCUT2D eigenvalue weighted by molar-refractivity contribution is 7.86. The van der Waals surface area contributed by atoms with Crippen LogP contribution in [0.2, 0.25) is 5.02 Å². The zero-order valence-corrected chi connectivity index (χ0v) is 9.19. The molecule has 0 bridgehead atoms. The van der Waals surface area contributed by atoms with E-state index >= 15 is 0 Å². The molecule has 0 fully saturated rings. The fourth-order valence-corrected chi connectivity index (χ4v) is 2.24. The van der Waals surface area contributed by atoms with E-state index in [4.69, 9.17) is 20.9 Å². The van der Waals surface area contributed by atoms with Crippen LogP contribution >= 0.6 is 11.6 Å². The smallest absolute Gasteiger partial charge is 0.298 e. The van der Waals surface area contributed by atoms with Crippen molar-refractivity contribution in [2.45, 2.75) is 11.8 Å². The Balaban J connectivity index is 3.56. The van der Waals surface area contributed by atoms with Crippen LogP contribution < -0.4 is 4.74 Å². The third-order valence-electron chi connectivity index (χ3n) is 1.69. The number of ether oxygens (including phenoxy) is 1. The Morgan fingerprint density at radius 1 is 1.43 bits per heavy atom. The molecule has 0 radical (unpaired) electrons. The Kier molecular flexibility index (Phi) is 3.04. The lowest BCUT2D eigenvalue weighted by Gasteiger charge is -2.09. The minimum Gasteiger partial charge on any atom is -0.495 e. The molecule has 0 aliphatic rings. The van der Waals surface area contributed by atoms with Gasteiger partial charge in [-0.3, -0.25) is 4.55 Å². The SMILES string of the molecule is COc1c(C)cc(Cl)cc1S(=O)(=O)O. The Bertz CT molecular complexity index is 453. The zero-order valence-electron chi connectivity index (χ0n) is 7.61. The van der Waals surface area contributed by atoms with E-state index in [2.05, 4.69) is 0 Å². The van der Waals surface area contributed by atoms with Crippen molar-refractivity contribution in [2.75, 3.05) is 7.11 Å². The molecule has 0 atom stereocenters.